The summed E-state index contributed by atoms with van der Waals surface area (Å²) in [5, 5.41) is 8.98. The van der Waals surface area contributed by atoms with Crippen molar-refractivity contribution in [1.29, 1.82) is 0 Å². The van der Waals surface area contributed by atoms with Crippen molar-refractivity contribution < 1.29 is 27.9 Å². The third kappa shape index (κ3) is 2.69. The lowest BCUT2D eigenvalue weighted by molar-refractivity contribution is -0.160. The van der Waals surface area contributed by atoms with Crippen LogP contribution in [0, 0.1) is 0 Å². The molecular weight excluding hydrogens is 334 g/mol. The highest BCUT2D eigenvalue weighted by Gasteiger charge is 2.46. The molecule has 1 saturated heterocycles. The normalized spacial score (nSPS) is 18.8. The molecule has 0 aromatic heterocycles. The molecule has 0 bridgehead atoms. The number of cyclic esters (lactones) is 1. The van der Waals surface area contributed by atoms with Crippen molar-refractivity contribution in [2.75, 3.05) is 13.2 Å². The number of sulfonamides is 1. The van der Waals surface area contributed by atoms with Gasteiger partial charge < -0.3 is 9.84 Å². The van der Waals surface area contributed by atoms with Gasteiger partial charge in [0.05, 0.1) is 15.5 Å². The van der Waals surface area contributed by atoms with Crippen LogP contribution in [0.2, 0.25) is 5.02 Å². The van der Waals surface area contributed by atoms with Gasteiger partial charge in [-0.2, -0.15) is 4.31 Å². The first-order chi connectivity index (χ1) is 10.1. The third-order valence-electron chi connectivity index (χ3n) is 3.41. The number of halogens is 1. The zero-order valence-electron chi connectivity index (χ0n) is 11.9. The van der Waals surface area contributed by atoms with Crippen LogP contribution in [-0.2, 0) is 19.6 Å². The molecular formula is C13H14ClNO6S. The van der Waals surface area contributed by atoms with E-state index in [1.807, 2.05) is 0 Å². The number of carboxylic acids is 1. The number of rotatable bonds is 3. The van der Waals surface area contributed by atoms with Crippen molar-refractivity contribution in [1.82, 2.24) is 4.31 Å². The van der Waals surface area contributed by atoms with Crippen LogP contribution in [0.5, 0.6) is 0 Å². The van der Waals surface area contributed by atoms with Crippen LogP contribution in [0.15, 0.2) is 23.1 Å². The van der Waals surface area contributed by atoms with Gasteiger partial charge in [0.2, 0.25) is 10.0 Å². The van der Waals surface area contributed by atoms with Crippen LogP contribution in [0.3, 0.4) is 0 Å². The van der Waals surface area contributed by atoms with Gasteiger partial charge in [0, 0.05) is 6.54 Å². The van der Waals surface area contributed by atoms with Crippen molar-refractivity contribution in [2.24, 2.45) is 0 Å². The lowest BCUT2D eigenvalue weighted by Crippen LogP contribution is -2.58. The average molecular weight is 348 g/mol. The van der Waals surface area contributed by atoms with Gasteiger partial charge in [0.15, 0.2) is 0 Å². The number of hydrogen-bond acceptors (Lipinski definition) is 5. The molecule has 1 heterocycles. The Morgan fingerprint density at radius 2 is 2.05 bits per heavy atom. The quantitative estimate of drug-likeness (QED) is 0.828. The first-order valence-electron chi connectivity index (χ1n) is 6.31. The van der Waals surface area contributed by atoms with Gasteiger partial charge in [-0.25, -0.2) is 13.2 Å². The second-order valence-corrected chi connectivity index (χ2v) is 7.49. The summed E-state index contributed by atoms with van der Waals surface area (Å²) >= 11 is 5.74. The molecule has 0 amide bonds. The van der Waals surface area contributed by atoms with Crippen LogP contribution in [0.1, 0.15) is 24.2 Å². The molecule has 120 valence electrons. The van der Waals surface area contributed by atoms with Crippen LogP contribution in [0.25, 0.3) is 0 Å². The summed E-state index contributed by atoms with van der Waals surface area (Å²) in [7, 11) is -4.06. The highest BCUT2D eigenvalue weighted by atomic mass is 35.5. The number of carboxylic acid groups (broad SMARTS) is 1. The summed E-state index contributed by atoms with van der Waals surface area (Å²) in [4.78, 5) is 22.6. The van der Waals surface area contributed by atoms with E-state index < -0.39 is 27.5 Å². The molecule has 2 rings (SSSR count). The molecule has 0 saturated carbocycles. The van der Waals surface area contributed by atoms with Gasteiger partial charge >= 0.3 is 11.9 Å². The van der Waals surface area contributed by atoms with E-state index in [4.69, 9.17) is 21.4 Å². The van der Waals surface area contributed by atoms with Gasteiger partial charge in [-0.05, 0) is 32.0 Å². The molecule has 1 aromatic carbocycles. The number of esters is 1. The predicted octanol–water partition coefficient (Wildman–Crippen LogP) is 1.36. The number of aromatic carboxylic acids is 1. The molecule has 0 spiro atoms. The number of hydrogen-bond donors (Lipinski definition) is 1. The number of carbonyl (C=O) groups is 2. The maximum atomic E-state index is 12.7. The highest BCUT2D eigenvalue weighted by molar-refractivity contribution is 7.89. The number of nitrogens with zero attached hydrogens (tertiary/aromatic N) is 1. The summed E-state index contributed by atoms with van der Waals surface area (Å²) in [6.07, 6.45) is 0. The maximum absolute atomic E-state index is 12.7. The predicted molar refractivity (Wildman–Crippen MR) is 77.3 cm³/mol. The van der Waals surface area contributed by atoms with Crippen LogP contribution >= 0.6 is 11.6 Å². The second kappa shape index (κ2) is 5.53. The Hall–Kier alpha value is -1.64. The average Bonchev–Trinajstić information content (AvgIpc) is 2.41. The van der Waals surface area contributed by atoms with Crippen molar-refractivity contribution in [3.8, 4) is 0 Å². The molecule has 1 aliphatic heterocycles. The second-order valence-electron chi connectivity index (χ2n) is 5.22. The molecule has 0 unspecified atom stereocenters. The first-order valence-corrected chi connectivity index (χ1v) is 8.13. The summed E-state index contributed by atoms with van der Waals surface area (Å²) in [6, 6.07) is 3.39. The van der Waals surface area contributed by atoms with Gasteiger partial charge in [-0.3, -0.25) is 4.79 Å². The Bertz CT molecular complexity index is 743. The number of ether oxygens (including phenoxy) is 1. The van der Waals surface area contributed by atoms with E-state index in [0.29, 0.717) is 0 Å². The Balaban J connectivity index is 2.53. The van der Waals surface area contributed by atoms with Crippen molar-refractivity contribution in [3.63, 3.8) is 0 Å². The van der Waals surface area contributed by atoms with Crippen LogP contribution < -0.4 is 0 Å². The molecule has 22 heavy (non-hydrogen) atoms. The lowest BCUT2D eigenvalue weighted by Gasteiger charge is -2.38. The van der Waals surface area contributed by atoms with E-state index in [-0.39, 0.29) is 28.6 Å². The molecule has 0 aliphatic carbocycles. The van der Waals surface area contributed by atoms with Crippen LogP contribution in [-0.4, -0.2) is 48.5 Å². The molecule has 1 fully saturated rings. The lowest BCUT2D eigenvalue weighted by atomic mass is 10.1. The molecule has 0 radical (unpaired) electrons. The maximum Gasteiger partial charge on any atom is 0.337 e. The zero-order chi connectivity index (χ0) is 16.7. The Morgan fingerprint density at radius 3 is 2.64 bits per heavy atom. The van der Waals surface area contributed by atoms with Gasteiger partial charge in [-0.15, -0.1) is 0 Å². The molecule has 1 aliphatic rings. The fourth-order valence-electron chi connectivity index (χ4n) is 2.16. The van der Waals surface area contributed by atoms with E-state index in [1.165, 1.54) is 26.0 Å². The van der Waals surface area contributed by atoms with Crippen molar-refractivity contribution in [2.45, 2.75) is 24.3 Å². The molecule has 7 nitrogen and oxygen atoms in total. The summed E-state index contributed by atoms with van der Waals surface area (Å²) < 4.78 is 31.3. The molecule has 9 heteroatoms. The minimum atomic E-state index is -4.06. The van der Waals surface area contributed by atoms with E-state index in [9.17, 15) is 18.0 Å². The van der Waals surface area contributed by atoms with Crippen molar-refractivity contribution in [3.05, 3.63) is 28.8 Å². The fraction of sp³-hybridized carbons (Fsp3) is 0.385. The fourth-order valence-corrected chi connectivity index (χ4v) is 4.11. The van der Waals surface area contributed by atoms with E-state index in [2.05, 4.69) is 0 Å². The van der Waals surface area contributed by atoms with Gasteiger partial charge in [0.1, 0.15) is 12.1 Å². The molecule has 1 N–H and O–H groups in total. The van der Waals surface area contributed by atoms with Gasteiger partial charge in [0.25, 0.3) is 0 Å². The van der Waals surface area contributed by atoms with E-state index in [0.717, 1.165) is 10.4 Å². The first kappa shape index (κ1) is 16.7. The minimum absolute atomic E-state index is 0.00783. The standard InChI is InChI=1S/C13H14ClNO6S/c1-13(2)12(18)21-6-5-15(13)22(19,20)8-3-4-10(14)9(7-8)11(16)17/h3-4,7H,5-6H2,1-2H3,(H,16,17). The number of carbonyl (C=O) groups excluding carboxylic acids is 1. The topological polar surface area (TPSA) is 101 Å². The number of benzene rings is 1. The zero-order valence-corrected chi connectivity index (χ0v) is 13.4. The summed E-state index contributed by atoms with van der Waals surface area (Å²) in [5.41, 5.74) is -1.69. The SMILES string of the molecule is CC1(C)C(=O)OCCN1S(=O)(=O)c1ccc(Cl)c(C(=O)O)c1. The third-order valence-corrected chi connectivity index (χ3v) is 5.81. The van der Waals surface area contributed by atoms with Crippen molar-refractivity contribution >= 4 is 33.6 Å². The summed E-state index contributed by atoms with van der Waals surface area (Å²) in [6.45, 7) is 2.80. The smallest absolute Gasteiger partial charge is 0.337 e. The molecule has 1 aromatic rings. The monoisotopic (exact) mass is 347 g/mol. The number of morpholine rings is 1. The summed E-state index contributed by atoms with van der Waals surface area (Å²) in [5.74, 6) is -1.99. The Labute approximate surface area is 132 Å². The van der Waals surface area contributed by atoms with Gasteiger partial charge in [-0.1, -0.05) is 11.6 Å². The Morgan fingerprint density at radius 1 is 1.41 bits per heavy atom. The molecule has 0 atom stereocenters. The Kier molecular flexibility index (Phi) is 4.20. The largest absolute Gasteiger partial charge is 0.478 e. The van der Waals surface area contributed by atoms with Crippen LogP contribution in [0.4, 0.5) is 0 Å². The van der Waals surface area contributed by atoms with E-state index in [1.54, 1.807) is 0 Å². The minimum Gasteiger partial charge on any atom is -0.478 e. The van der Waals surface area contributed by atoms with E-state index >= 15 is 0 Å². The highest BCUT2D eigenvalue weighted by Crippen LogP contribution is 2.30.